The van der Waals surface area contributed by atoms with Gasteiger partial charge >= 0.3 is 6.18 Å². The SMILES string of the molecule is CNC(=O)c1c(-c2ccc(F)cc2)oc2nc(CCC(F)(F)F)c(-c3cccc(C(=O)CC(C)(C)c4nc(C)no4)c3)cc12. The molecule has 0 spiro atoms. The van der Waals surface area contributed by atoms with Crippen molar-refractivity contribution < 1.29 is 36.1 Å². The van der Waals surface area contributed by atoms with Crippen molar-refractivity contribution >= 4 is 22.8 Å². The molecule has 0 saturated heterocycles. The summed E-state index contributed by atoms with van der Waals surface area (Å²) in [6, 6.07) is 13.3. The van der Waals surface area contributed by atoms with Crippen molar-refractivity contribution in [2.45, 2.75) is 51.6 Å². The molecule has 3 heterocycles. The summed E-state index contributed by atoms with van der Waals surface area (Å²) in [4.78, 5) is 35.1. The van der Waals surface area contributed by atoms with Gasteiger partial charge < -0.3 is 14.3 Å². The molecular formula is C32H28F4N4O4. The Kier molecular flexibility index (Phi) is 8.11. The van der Waals surface area contributed by atoms with Crippen LogP contribution in [0.5, 0.6) is 0 Å². The van der Waals surface area contributed by atoms with Gasteiger partial charge in [-0.3, -0.25) is 9.59 Å². The van der Waals surface area contributed by atoms with Crippen LogP contribution in [0.15, 0.2) is 63.5 Å². The molecule has 0 aliphatic heterocycles. The zero-order chi connectivity index (χ0) is 31.8. The molecule has 0 atom stereocenters. The number of hydrogen-bond acceptors (Lipinski definition) is 7. The van der Waals surface area contributed by atoms with Crippen molar-refractivity contribution in [3.05, 3.63) is 89.0 Å². The number of nitrogens with zero attached hydrogens (tertiary/aromatic N) is 3. The predicted molar refractivity (Wildman–Crippen MR) is 154 cm³/mol. The smallest absolute Gasteiger partial charge is 0.389 e. The minimum Gasteiger partial charge on any atom is -0.437 e. The van der Waals surface area contributed by atoms with Crippen molar-refractivity contribution in [1.29, 1.82) is 0 Å². The van der Waals surface area contributed by atoms with Crippen LogP contribution < -0.4 is 5.32 Å². The number of ketones is 1. The molecule has 8 nitrogen and oxygen atoms in total. The maximum atomic E-state index is 13.6. The summed E-state index contributed by atoms with van der Waals surface area (Å²) >= 11 is 0. The predicted octanol–water partition coefficient (Wildman–Crippen LogP) is 7.40. The van der Waals surface area contributed by atoms with Gasteiger partial charge in [0.25, 0.3) is 5.91 Å². The van der Waals surface area contributed by atoms with Gasteiger partial charge in [0, 0.05) is 36.6 Å². The molecule has 0 aliphatic rings. The van der Waals surface area contributed by atoms with Gasteiger partial charge in [-0.15, -0.1) is 0 Å². The largest absolute Gasteiger partial charge is 0.437 e. The Hall–Kier alpha value is -4.87. The summed E-state index contributed by atoms with van der Waals surface area (Å²) in [5.41, 5.74) is 0.780. The van der Waals surface area contributed by atoms with E-state index in [1.807, 2.05) is 0 Å². The number of halogens is 4. The first kappa shape index (κ1) is 30.6. The van der Waals surface area contributed by atoms with E-state index in [1.165, 1.54) is 31.3 Å². The van der Waals surface area contributed by atoms with Crippen LogP contribution in [0.1, 0.15) is 64.8 Å². The number of furan rings is 1. The molecule has 0 radical (unpaired) electrons. The summed E-state index contributed by atoms with van der Waals surface area (Å²) in [5.74, 6) is -0.427. The van der Waals surface area contributed by atoms with Crippen LogP contribution in [0.3, 0.4) is 0 Å². The number of aryl methyl sites for hydroxylation is 2. The number of fused-ring (bicyclic) bond motifs is 1. The van der Waals surface area contributed by atoms with E-state index in [-0.39, 0.29) is 40.3 Å². The van der Waals surface area contributed by atoms with Gasteiger partial charge in [-0.05, 0) is 55.3 Å². The van der Waals surface area contributed by atoms with Gasteiger partial charge in [0.1, 0.15) is 11.6 Å². The number of carbonyl (C=O) groups is 2. The molecule has 228 valence electrons. The Balaban J connectivity index is 1.62. The highest BCUT2D eigenvalue weighted by Gasteiger charge is 2.32. The van der Waals surface area contributed by atoms with Gasteiger partial charge in [0.15, 0.2) is 11.6 Å². The summed E-state index contributed by atoms with van der Waals surface area (Å²) in [6.45, 7) is 5.27. The van der Waals surface area contributed by atoms with E-state index in [4.69, 9.17) is 8.94 Å². The lowest BCUT2D eigenvalue weighted by atomic mass is 9.85. The lowest BCUT2D eigenvalue weighted by Gasteiger charge is -2.19. The van der Waals surface area contributed by atoms with Crippen molar-refractivity contribution in [2.75, 3.05) is 7.05 Å². The molecule has 0 unspecified atom stereocenters. The first-order valence-electron chi connectivity index (χ1n) is 13.7. The van der Waals surface area contributed by atoms with Crippen molar-refractivity contribution in [2.24, 2.45) is 0 Å². The van der Waals surface area contributed by atoms with Gasteiger partial charge in [-0.1, -0.05) is 37.2 Å². The van der Waals surface area contributed by atoms with Crippen LogP contribution in [0, 0.1) is 12.7 Å². The molecule has 0 bridgehead atoms. The zero-order valence-electron chi connectivity index (χ0n) is 24.3. The van der Waals surface area contributed by atoms with Crippen LogP contribution in [-0.2, 0) is 11.8 Å². The minimum absolute atomic E-state index is 0.0277. The maximum Gasteiger partial charge on any atom is 0.389 e. The molecule has 0 saturated carbocycles. The van der Waals surface area contributed by atoms with Crippen LogP contribution in [-0.4, -0.2) is 40.0 Å². The number of nitrogens with one attached hydrogen (secondary N) is 1. The fraction of sp³-hybridized carbons (Fsp3) is 0.281. The fourth-order valence-electron chi connectivity index (χ4n) is 4.93. The number of pyridine rings is 1. The van der Waals surface area contributed by atoms with Gasteiger partial charge in [-0.25, -0.2) is 9.37 Å². The maximum absolute atomic E-state index is 13.6. The summed E-state index contributed by atoms with van der Waals surface area (Å²) in [7, 11) is 1.42. The molecule has 44 heavy (non-hydrogen) atoms. The number of benzene rings is 2. The molecule has 2 aromatic carbocycles. The van der Waals surface area contributed by atoms with Gasteiger partial charge in [0.05, 0.1) is 22.1 Å². The average Bonchev–Trinajstić information content (AvgIpc) is 3.59. The molecule has 12 heteroatoms. The molecular weight excluding hydrogens is 580 g/mol. The third-order valence-electron chi connectivity index (χ3n) is 7.17. The average molecular weight is 609 g/mol. The third-order valence-corrected chi connectivity index (χ3v) is 7.17. The van der Waals surface area contributed by atoms with Gasteiger partial charge in [-0.2, -0.15) is 18.2 Å². The van der Waals surface area contributed by atoms with E-state index < -0.39 is 36.2 Å². The summed E-state index contributed by atoms with van der Waals surface area (Å²) < 4.78 is 64.8. The second-order valence-corrected chi connectivity index (χ2v) is 11.1. The topological polar surface area (TPSA) is 111 Å². The van der Waals surface area contributed by atoms with E-state index >= 15 is 0 Å². The number of aromatic nitrogens is 3. The summed E-state index contributed by atoms with van der Waals surface area (Å²) in [5, 5.41) is 6.60. The Labute approximate surface area is 249 Å². The Morgan fingerprint density at radius 2 is 1.70 bits per heavy atom. The first-order valence-corrected chi connectivity index (χ1v) is 13.7. The van der Waals surface area contributed by atoms with Crippen molar-refractivity contribution in [3.63, 3.8) is 0 Å². The number of amides is 1. The number of rotatable bonds is 9. The number of alkyl halides is 3. The minimum atomic E-state index is -4.46. The lowest BCUT2D eigenvalue weighted by molar-refractivity contribution is -0.134. The molecule has 0 aliphatic carbocycles. The number of carbonyl (C=O) groups excluding carboxylic acids is 2. The molecule has 0 fully saturated rings. The zero-order valence-corrected chi connectivity index (χ0v) is 24.3. The highest BCUT2D eigenvalue weighted by molar-refractivity contribution is 6.11. The quantitative estimate of drug-likeness (QED) is 0.137. The second kappa shape index (κ2) is 11.7. The second-order valence-electron chi connectivity index (χ2n) is 11.1. The third kappa shape index (κ3) is 6.38. The van der Waals surface area contributed by atoms with E-state index in [0.717, 1.165) is 0 Å². The Bertz CT molecular complexity index is 1860. The van der Waals surface area contributed by atoms with E-state index in [2.05, 4.69) is 20.4 Å². The highest BCUT2D eigenvalue weighted by Crippen LogP contribution is 2.38. The first-order chi connectivity index (χ1) is 20.8. The normalized spacial score (nSPS) is 12.1. The van der Waals surface area contributed by atoms with Crippen LogP contribution in [0.25, 0.3) is 33.6 Å². The molecule has 5 rings (SSSR count). The van der Waals surface area contributed by atoms with Crippen molar-refractivity contribution in [1.82, 2.24) is 20.4 Å². The molecule has 3 aromatic heterocycles. The monoisotopic (exact) mass is 608 g/mol. The summed E-state index contributed by atoms with van der Waals surface area (Å²) in [6.07, 6.45) is -6.05. The lowest BCUT2D eigenvalue weighted by Crippen LogP contribution is -2.22. The van der Waals surface area contributed by atoms with Gasteiger partial charge in [0.2, 0.25) is 11.6 Å². The van der Waals surface area contributed by atoms with Crippen LogP contribution in [0.2, 0.25) is 0 Å². The number of hydrogen-bond donors (Lipinski definition) is 1. The van der Waals surface area contributed by atoms with E-state index in [9.17, 15) is 27.2 Å². The standard InChI is InChI=1S/C32H28F4N4O4/c1-17-38-30(44-40-17)31(2,3)16-25(41)20-7-5-6-19(14-20)22-15-23-26(28(42)37-4)27(18-8-10-21(33)11-9-18)43-29(23)39-24(22)12-13-32(34,35)36/h5-11,14-15H,12-13,16H2,1-4H3,(H,37,42). The Morgan fingerprint density at radius 3 is 2.34 bits per heavy atom. The molecule has 1 amide bonds. The molecule has 1 N–H and O–H groups in total. The fourth-order valence-corrected chi connectivity index (χ4v) is 4.93. The van der Waals surface area contributed by atoms with Crippen LogP contribution >= 0.6 is 0 Å². The van der Waals surface area contributed by atoms with Crippen LogP contribution in [0.4, 0.5) is 17.6 Å². The van der Waals surface area contributed by atoms with E-state index in [0.29, 0.717) is 34.0 Å². The number of Topliss-reactive ketones (excluding diaryl/α,β-unsaturated/α-hetero) is 1. The van der Waals surface area contributed by atoms with E-state index in [1.54, 1.807) is 51.1 Å². The highest BCUT2D eigenvalue weighted by atomic mass is 19.4. The molecule has 5 aromatic rings. The van der Waals surface area contributed by atoms with Crippen molar-refractivity contribution in [3.8, 4) is 22.5 Å². The Morgan fingerprint density at radius 1 is 0.977 bits per heavy atom.